The molecule has 1 atom stereocenters. The van der Waals surface area contributed by atoms with Crippen molar-refractivity contribution in [2.24, 2.45) is 10.7 Å². The molecule has 0 amide bonds. The first-order valence-corrected chi connectivity index (χ1v) is 8.93. The van der Waals surface area contributed by atoms with Crippen LogP contribution in [0.15, 0.2) is 57.9 Å². The van der Waals surface area contributed by atoms with Crippen LogP contribution in [0, 0.1) is 13.8 Å². The lowest BCUT2D eigenvalue weighted by Crippen LogP contribution is -2.26. The van der Waals surface area contributed by atoms with E-state index in [-0.39, 0.29) is 5.92 Å². The molecule has 0 fully saturated rings. The smallest absolute Gasteiger partial charge is 0.204 e. The van der Waals surface area contributed by atoms with Crippen molar-refractivity contribution in [2.75, 3.05) is 0 Å². The van der Waals surface area contributed by atoms with Crippen LogP contribution in [0.3, 0.4) is 0 Å². The predicted octanol–water partition coefficient (Wildman–Crippen LogP) is 4.76. The zero-order chi connectivity index (χ0) is 17.3. The maximum Gasteiger partial charge on any atom is 0.204 e. The van der Waals surface area contributed by atoms with Gasteiger partial charge in [0.2, 0.25) is 5.96 Å². The number of benzene rings is 2. The fraction of sp³-hybridized carbons (Fsp3) is 0.250. The van der Waals surface area contributed by atoms with Crippen LogP contribution in [0.4, 0.5) is 0 Å². The number of aryl methyl sites for hydroxylation is 2. The molecule has 1 unspecified atom stereocenters. The van der Waals surface area contributed by atoms with E-state index in [1.807, 2.05) is 0 Å². The largest absolute Gasteiger partial charge is 0.369 e. The summed E-state index contributed by atoms with van der Waals surface area (Å²) in [6.45, 7) is 8.64. The molecule has 0 aliphatic carbocycles. The van der Waals surface area contributed by atoms with Crippen molar-refractivity contribution >= 4 is 23.6 Å². The van der Waals surface area contributed by atoms with E-state index in [0.29, 0.717) is 5.96 Å². The Morgan fingerprint density at radius 3 is 2.42 bits per heavy atom. The molecule has 3 nitrogen and oxygen atoms in total. The number of hydrogen-bond acceptors (Lipinski definition) is 4. The van der Waals surface area contributed by atoms with Gasteiger partial charge in [-0.05, 0) is 67.1 Å². The van der Waals surface area contributed by atoms with Gasteiger partial charge in [-0.1, -0.05) is 37.3 Å². The molecule has 0 saturated carbocycles. The van der Waals surface area contributed by atoms with Crippen molar-refractivity contribution in [3.05, 3.63) is 70.3 Å². The molecular weight excluding hydrogens is 314 g/mol. The number of hydrogen-bond donors (Lipinski definition) is 2. The van der Waals surface area contributed by atoms with E-state index in [0.717, 1.165) is 10.6 Å². The summed E-state index contributed by atoms with van der Waals surface area (Å²) in [4.78, 5) is 5.89. The molecule has 0 aromatic heterocycles. The van der Waals surface area contributed by atoms with Crippen molar-refractivity contribution in [3.63, 3.8) is 0 Å². The zero-order valence-corrected chi connectivity index (χ0v) is 15.4. The Labute approximate surface area is 148 Å². The second-order valence-corrected chi connectivity index (χ2v) is 7.17. The van der Waals surface area contributed by atoms with E-state index in [1.165, 1.54) is 39.8 Å². The number of nitrogens with one attached hydrogen (secondary N) is 1. The topological polar surface area (TPSA) is 50.4 Å². The van der Waals surface area contributed by atoms with Gasteiger partial charge in [-0.25, -0.2) is 4.99 Å². The highest BCUT2D eigenvalue weighted by Crippen LogP contribution is 2.35. The minimum Gasteiger partial charge on any atom is -0.369 e. The Hall–Kier alpha value is -2.20. The van der Waals surface area contributed by atoms with Gasteiger partial charge < -0.3 is 5.73 Å². The maximum absolute atomic E-state index is 6.15. The highest BCUT2D eigenvalue weighted by Gasteiger charge is 2.18. The quantitative estimate of drug-likeness (QED) is 0.737. The van der Waals surface area contributed by atoms with Crippen LogP contribution < -0.4 is 10.5 Å². The van der Waals surface area contributed by atoms with Crippen LogP contribution in [0.1, 0.15) is 42.0 Å². The molecule has 3 N–H and O–H groups in total. The lowest BCUT2D eigenvalue weighted by atomic mass is 9.88. The monoisotopic (exact) mass is 337 g/mol. The summed E-state index contributed by atoms with van der Waals surface area (Å²) < 4.78 is 3.15. The summed E-state index contributed by atoms with van der Waals surface area (Å²) in [6, 6.07) is 14.9. The van der Waals surface area contributed by atoms with Gasteiger partial charge in [0.1, 0.15) is 0 Å². The van der Waals surface area contributed by atoms with Gasteiger partial charge in [0.15, 0.2) is 0 Å². The third-order valence-corrected chi connectivity index (χ3v) is 5.41. The van der Waals surface area contributed by atoms with Crippen molar-refractivity contribution in [1.29, 1.82) is 0 Å². The minimum atomic E-state index is 0.272. The highest BCUT2D eigenvalue weighted by molar-refractivity contribution is 7.98. The first kappa shape index (κ1) is 16.7. The summed E-state index contributed by atoms with van der Waals surface area (Å²) in [5, 5.41) is 0. The molecule has 1 aliphatic rings. The second kappa shape index (κ2) is 6.73. The molecule has 2 aromatic carbocycles. The average molecular weight is 337 g/mol. The van der Waals surface area contributed by atoms with E-state index in [4.69, 9.17) is 10.7 Å². The fourth-order valence-corrected chi connectivity index (χ4v) is 3.70. The van der Waals surface area contributed by atoms with E-state index >= 15 is 0 Å². The molecule has 124 valence electrons. The maximum atomic E-state index is 6.15. The van der Waals surface area contributed by atoms with Crippen LogP contribution in [0.2, 0.25) is 0 Å². The number of rotatable bonds is 1. The van der Waals surface area contributed by atoms with Crippen LogP contribution >= 0.6 is 11.9 Å². The molecule has 1 aliphatic heterocycles. The zero-order valence-electron chi connectivity index (χ0n) is 14.6. The Balaban J connectivity index is 2.25. The first-order valence-electron chi connectivity index (χ1n) is 8.11. The lowest BCUT2D eigenvalue weighted by molar-refractivity contribution is 0.887. The number of guanidine groups is 1. The normalized spacial score (nSPS) is 21.0. The minimum absolute atomic E-state index is 0.272. The summed E-state index contributed by atoms with van der Waals surface area (Å²) in [7, 11) is 0. The Morgan fingerprint density at radius 1 is 1.04 bits per heavy atom. The van der Waals surface area contributed by atoms with Gasteiger partial charge in [-0.3, -0.25) is 4.72 Å². The average Bonchev–Trinajstić information content (AvgIpc) is 2.57. The van der Waals surface area contributed by atoms with Gasteiger partial charge in [0.25, 0.3) is 0 Å². The number of aliphatic imine (C=N–C) groups is 1. The van der Waals surface area contributed by atoms with Crippen molar-refractivity contribution in [3.8, 4) is 0 Å². The number of nitrogens with zero attached hydrogens (tertiary/aromatic N) is 1. The number of allylic oxidation sites excluding steroid dienone is 1. The van der Waals surface area contributed by atoms with Crippen LogP contribution in [0.25, 0.3) is 5.70 Å². The third kappa shape index (κ3) is 3.20. The highest BCUT2D eigenvalue weighted by atomic mass is 32.2. The molecule has 2 aromatic rings. The summed E-state index contributed by atoms with van der Waals surface area (Å²) in [6.07, 6.45) is 0. The molecular formula is C20H23N3S. The van der Waals surface area contributed by atoms with Gasteiger partial charge in [-0.2, -0.15) is 0 Å². The summed E-state index contributed by atoms with van der Waals surface area (Å²) in [5.41, 5.74) is 13.2. The van der Waals surface area contributed by atoms with Gasteiger partial charge in [0, 0.05) is 16.4 Å². The fourth-order valence-electron chi connectivity index (χ4n) is 3.09. The van der Waals surface area contributed by atoms with Crippen molar-refractivity contribution < 1.29 is 0 Å². The van der Waals surface area contributed by atoms with E-state index in [2.05, 4.69) is 74.9 Å². The molecule has 0 radical (unpaired) electrons. The van der Waals surface area contributed by atoms with Crippen LogP contribution in [-0.4, -0.2) is 5.96 Å². The third-order valence-electron chi connectivity index (χ3n) is 4.60. The van der Waals surface area contributed by atoms with E-state index < -0.39 is 0 Å². The summed E-state index contributed by atoms with van der Waals surface area (Å²) >= 11 is 1.50. The van der Waals surface area contributed by atoms with Crippen LogP contribution in [-0.2, 0) is 0 Å². The van der Waals surface area contributed by atoms with Gasteiger partial charge in [0.05, 0.1) is 5.70 Å². The van der Waals surface area contributed by atoms with Gasteiger partial charge >= 0.3 is 0 Å². The molecule has 1 heterocycles. The van der Waals surface area contributed by atoms with Crippen LogP contribution in [0.5, 0.6) is 0 Å². The number of fused-ring (bicyclic) bond motifs is 2. The molecule has 0 saturated heterocycles. The Morgan fingerprint density at radius 2 is 1.71 bits per heavy atom. The molecule has 24 heavy (non-hydrogen) atoms. The SMILES string of the molecule is C/C1=C(\c2c(C)cccc2C)N=C(N)NSc2cccc(c2)C1C. The van der Waals surface area contributed by atoms with Gasteiger partial charge in [-0.15, -0.1) is 0 Å². The summed E-state index contributed by atoms with van der Waals surface area (Å²) in [5.74, 6) is 0.700. The predicted molar refractivity (Wildman–Crippen MR) is 104 cm³/mol. The molecule has 0 spiro atoms. The molecule has 3 rings (SSSR count). The number of nitrogens with two attached hydrogens (primary N) is 1. The Bertz CT molecular complexity index is 816. The van der Waals surface area contributed by atoms with Crippen molar-refractivity contribution in [2.45, 2.75) is 38.5 Å². The molecule has 2 bridgehead atoms. The standard InChI is InChI=1S/C20H23N3S/c1-12-7-5-8-13(2)18(12)19-15(4)14(3)16-9-6-10-17(11-16)24-23-20(21)22-19/h5-11,14H,1-4H3,(H3,21,22,23)/b19-15-. The van der Waals surface area contributed by atoms with E-state index in [9.17, 15) is 0 Å². The molecule has 4 heteroatoms. The van der Waals surface area contributed by atoms with E-state index in [1.54, 1.807) is 0 Å². The second-order valence-electron chi connectivity index (χ2n) is 6.29. The van der Waals surface area contributed by atoms with Crippen molar-refractivity contribution in [1.82, 2.24) is 4.72 Å². The Kier molecular flexibility index (Phi) is 4.67. The first-order chi connectivity index (χ1) is 11.5. The lowest BCUT2D eigenvalue weighted by Gasteiger charge is -2.21.